The smallest absolute Gasteiger partial charge is 0.150 e. The summed E-state index contributed by atoms with van der Waals surface area (Å²) in [5.74, 6) is 0. The minimum absolute atomic E-state index is 0.0340. The molecular weight excluding hydrogens is 230 g/mol. The first-order valence-corrected chi connectivity index (χ1v) is 6.21. The molecule has 0 aliphatic carbocycles. The summed E-state index contributed by atoms with van der Waals surface area (Å²) in [4.78, 5) is 12.9. The number of benzene rings is 1. The van der Waals surface area contributed by atoms with E-state index in [1.54, 1.807) is 0 Å². The van der Waals surface area contributed by atoms with Crippen LogP contribution in [0.4, 0.5) is 5.69 Å². The Balaban J connectivity index is 2.22. The van der Waals surface area contributed by atoms with Crippen molar-refractivity contribution in [2.24, 2.45) is 0 Å². The van der Waals surface area contributed by atoms with Crippen LogP contribution in [0.1, 0.15) is 22.8 Å². The Morgan fingerprint density at radius 3 is 2.89 bits per heavy atom. The molecule has 1 heterocycles. The number of carbonyl (C=O) groups is 1. The summed E-state index contributed by atoms with van der Waals surface area (Å²) in [7, 11) is 0. The molecule has 0 spiro atoms. The average Bonchev–Trinajstić information content (AvgIpc) is 2.37. The maximum absolute atomic E-state index is 10.7. The molecule has 1 aromatic carbocycles. The number of aliphatic hydroxyl groups excluding tert-OH is 1. The van der Waals surface area contributed by atoms with Crippen molar-refractivity contribution in [2.45, 2.75) is 26.1 Å². The Bertz CT molecular complexity index is 433. The van der Waals surface area contributed by atoms with Gasteiger partial charge in [0.05, 0.1) is 18.8 Å². The van der Waals surface area contributed by atoms with E-state index < -0.39 is 0 Å². The van der Waals surface area contributed by atoms with Gasteiger partial charge in [0.1, 0.15) is 6.29 Å². The van der Waals surface area contributed by atoms with Crippen LogP contribution in [0.25, 0.3) is 0 Å². The van der Waals surface area contributed by atoms with Gasteiger partial charge in [0.15, 0.2) is 0 Å². The predicted octanol–water partition coefficient (Wildman–Crippen LogP) is 1.39. The van der Waals surface area contributed by atoms with Gasteiger partial charge in [-0.05, 0) is 37.6 Å². The first-order valence-electron chi connectivity index (χ1n) is 6.21. The fraction of sp³-hybridized carbons (Fsp3) is 0.500. The number of morpholine rings is 1. The molecule has 0 bridgehead atoms. The molecule has 1 aromatic rings. The van der Waals surface area contributed by atoms with E-state index in [1.165, 1.54) is 0 Å². The van der Waals surface area contributed by atoms with Crippen molar-refractivity contribution in [3.05, 3.63) is 29.3 Å². The van der Waals surface area contributed by atoms with E-state index >= 15 is 0 Å². The third-order valence-electron chi connectivity index (χ3n) is 3.23. The molecule has 98 valence electrons. The number of carbonyl (C=O) groups excluding carboxylic acids is 1. The third kappa shape index (κ3) is 2.71. The van der Waals surface area contributed by atoms with E-state index in [1.807, 2.05) is 32.0 Å². The average molecular weight is 249 g/mol. The van der Waals surface area contributed by atoms with Crippen LogP contribution >= 0.6 is 0 Å². The molecule has 1 aliphatic rings. The van der Waals surface area contributed by atoms with Crippen molar-refractivity contribution in [3.8, 4) is 0 Å². The molecule has 1 N–H and O–H groups in total. The second-order valence-corrected chi connectivity index (χ2v) is 4.82. The predicted molar refractivity (Wildman–Crippen MR) is 70.2 cm³/mol. The van der Waals surface area contributed by atoms with Crippen molar-refractivity contribution in [3.63, 3.8) is 0 Å². The molecule has 4 nitrogen and oxygen atoms in total. The molecule has 0 aromatic heterocycles. The van der Waals surface area contributed by atoms with Crippen LogP contribution in [-0.2, 0) is 4.74 Å². The lowest BCUT2D eigenvalue weighted by Gasteiger charge is -2.38. The Hall–Kier alpha value is -1.39. The summed E-state index contributed by atoms with van der Waals surface area (Å²) in [5.41, 5.74) is 2.87. The van der Waals surface area contributed by atoms with Gasteiger partial charge in [0.2, 0.25) is 0 Å². The van der Waals surface area contributed by atoms with Crippen molar-refractivity contribution in [2.75, 3.05) is 24.6 Å². The molecule has 2 unspecified atom stereocenters. The fourth-order valence-electron chi connectivity index (χ4n) is 2.45. The molecule has 18 heavy (non-hydrogen) atoms. The van der Waals surface area contributed by atoms with Crippen LogP contribution in [0.2, 0.25) is 0 Å². The number of rotatable bonds is 3. The number of anilines is 1. The molecule has 4 heteroatoms. The molecule has 1 fully saturated rings. The molecular formula is C14H19NO3. The second-order valence-electron chi connectivity index (χ2n) is 4.82. The van der Waals surface area contributed by atoms with Crippen LogP contribution < -0.4 is 4.90 Å². The SMILES string of the molecule is Cc1cc(C=O)ccc1N1CC(C)OC(CO)C1. The highest BCUT2D eigenvalue weighted by atomic mass is 16.5. The zero-order valence-corrected chi connectivity index (χ0v) is 10.8. The monoisotopic (exact) mass is 249 g/mol. The van der Waals surface area contributed by atoms with Gasteiger partial charge in [-0.2, -0.15) is 0 Å². The number of hydrogen-bond donors (Lipinski definition) is 1. The highest BCUT2D eigenvalue weighted by Gasteiger charge is 2.25. The quantitative estimate of drug-likeness (QED) is 0.823. The molecule has 1 aliphatic heterocycles. The van der Waals surface area contributed by atoms with Crippen LogP contribution in [0.5, 0.6) is 0 Å². The van der Waals surface area contributed by atoms with Gasteiger partial charge in [0.25, 0.3) is 0 Å². The number of hydrogen-bond acceptors (Lipinski definition) is 4. The number of nitrogens with zero attached hydrogens (tertiary/aromatic N) is 1. The number of ether oxygens (including phenoxy) is 1. The fourth-order valence-corrected chi connectivity index (χ4v) is 2.45. The first kappa shape index (κ1) is 13.1. The van der Waals surface area contributed by atoms with E-state index in [0.717, 1.165) is 24.1 Å². The number of aryl methyl sites for hydroxylation is 1. The normalized spacial score (nSPS) is 24.1. The standard InChI is InChI=1S/C14H19NO3/c1-10-5-12(8-16)3-4-14(10)15-6-11(2)18-13(7-15)9-17/h3-5,8,11,13,17H,6-7,9H2,1-2H3. The summed E-state index contributed by atoms with van der Waals surface area (Å²) in [5, 5.41) is 9.23. The lowest BCUT2D eigenvalue weighted by atomic mass is 10.1. The van der Waals surface area contributed by atoms with Gasteiger partial charge in [0, 0.05) is 24.3 Å². The van der Waals surface area contributed by atoms with Gasteiger partial charge in [-0.1, -0.05) is 0 Å². The van der Waals surface area contributed by atoms with Gasteiger partial charge in [-0.25, -0.2) is 0 Å². The Morgan fingerprint density at radius 2 is 2.28 bits per heavy atom. The van der Waals surface area contributed by atoms with E-state index in [0.29, 0.717) is 12.1 Å². The maximum Gasteiger partial charge on any atom is 0.150 e. The van der Waals surface area contributed by atoms with Crippen LogP contribution in [-0.4, -0.2) is 43.3 Å². The molecule has 0 amide bonds. The maximum atomic E-state index is 10.7. The van der Waals surface area contributed by atoms with Gasteiger partial charge in [-0.15, -0.1) is 0 Å². The van der Waals surface area contributed by atoms with Gasteiger partial charge >= 0.3 is 0 Å². The first-order chi connectivity index (χ1) is 8.63. The highest BCUT2D eigenvalue weighted by molar-refractivity contribution is 5.77. The summed E-state index contributed by atoms with van der Waals surface area (Å²) in [6.07, 6.45) is 0.815. The molecule has 0 saturated carbocycles. The minimum Gasteiger partial charge on any atom is -0.394 e. The molecule has 0 radical (unpaired) electrons. The summed E-state index contributed by atoms with van der Waals surface area (Å²) < 4.78 is 5.62. The van der Waals surface area contributed by atoms with E-state index in [-0.39, 0.29) is 18.8 Å². The third-order valence-corrected chi connectivity index (χ3v) is 3.23. The minimum atomic E-state index is -0.140. The Morgan fingerprint density at radius 1 is 1.50 bits per heavy atom. The van der Waals surface area contributed by atoms with Crippen LogP contribution in [0.15, 0.2) is 18.2 Å². The van der Waals surface area contributed by atoms with Gasteiger partial charge in [-0.3, -0.25) is 4.79 Å². The number of aliphatic hydroxyl groups is 1. The van der Waals surface area contributed by atoms with Crippen LogP contribution in [0, 0.1) is 6.92 Å². The number of aldehydes is 1. The van der Waals surface area contributed by atoms with Gasteiger partial charge < -0.3 is 14.7 Å². The largest absolute Gasteiger partial charge is 0.394 e. The zero-order chi connectivity index (χ0) is 13.1. The van der Waals surface area contributed by atoms with Crippen molar-refractivity contribution in [1.29, 1.82) is 0 Å². The Kier molecular flexibility index (Phi) is 3.99. The molecule has 1 saturated heterocycles. The van der Waals surface area contributed by atoms with Crippen molar-refractivity contribution in [1.82, 2.24) is 0 Å². The van der Waals surface area contributed by atoms with Crippen LogP contribution in [0.3, 0.4) is 0 Å². The summed E-state index contributed by atoms with van der Waals surface area (Å²) in [6.45, 7) is 5.52. The van der Waals surface area contributed by atoms with Crippen molar-refractivity contribution < 1.29 is 14.6 Å². The lowest BCUT2D eigenvalue weighted by Crippen LogP contribution is -2.48. The second kappa shape index (κ2) is 5.50. The Labute approximate surface area is 107 Å². The summed E-state index contributed by atoms with van der Waals surface area (Å²) >= 11 is 0. The lowest BCUT2D eigenvalue weighted by molar-refractivity contribution is -0.0421. The van der Waals surface area contributed by atoms with Crippen molar-refractivity contribution >= 4 is 12.0 Å². The zero-order valence-electron chi connectivity index (χ0n) is 10.8. The highest BCUT2D eigenvalue weighted by Crippen LogP contribution is 2.24. The summed E-state index contributed by atoms with van der Waals surface area (Å²) in [6, 6.07) is 5.67. The van der Waals surface area contributed by atoms with E-state index in [9.17, 15) is 9.90 Å². The molecule has 2 rings (SSSR count). The topological polar surface area (TPSA) is 49.8 Å². The molecule has 2 atom stereocenters. The van der Waals surface area contributed by atoms with E-state index in [4.69, 9.17) is 4.74 Å². The van der Waals surface area contributed by atoms with E-state index in [2.05, 4.69) is 4.90 Å².